The highest BCUT2D eigenvalue weighted by Gasteiger charge is 2.38. The molecule has 1 aliphatic rings. The zero-order chi connectivity index (χ0) is 16.0. The number of hydrogen-bond acceptors (Lipinski definition) is 4. The Kier molecular flexibility index (Phi) is 7.82. The zero-order valence-corrected chi connectivity index (χ0v) is 14.7. The van der Waals surface area contributed by atoms with Gasteiger partial charge in [0.15, 0.2) is 0 Å². The average Bonchev–Trinajstić information content (AvgIpc) is 2.54. The molecule has 0 saturated carbocycles. The lowest BCUT2D eigenvalue weighted by Crippen LogP contribution is -2.54. The van der Waals surface area contributed by atoms with Crippen LogP contribution < -0.4 is 10.5 Å². The molecule has 0 bridgehead atoms. The maximum Gasteiger partial charge on any atom is 0.223 e. The smallest absolute Gasteiger partial charge is 0.223 e. The third-order valence-electron chi connectivity index (χ3n) is 4.27. The van der Waals surface area contributed by atoms with Gasteiger partial charge in [-0.05, 0) is 31.4 Å². The van der Waals surface area contributed by atoms with Gasteiger partial charge in [0.25, 0.3) is 0 Å². The minimum absolute atomic E-state index is 0. The van der Waals surface area contributed by atoms with Crippen molar-refractivity contribution >= 4 is 18.3 Å². The monoisotopic (exact) mass is 342 g/mol. The van der Waals surface area contributed by atoms with Crippen molar-refractivity contribution in [3.63, 3.8) is 0 Å². The molecule has 1 aromatic rings. The van der Waals surface area contributed by atoms with Gasteiger partial charge in [0.2, 0.25) is 5.91 Å². The number of para-hydroxylation sites is 1. The summed E-state index contributed by atoms with van der Waals surface area (Å²) in [6.07, 6.45) is 2.20. The first-order valence-electron chi connectivity index (χ1n) is 7.82. The molecule has 1 aliphatic heterocycles. The molecule has 5 nitrogen and oxygen atoms in total. The normalized spacial score (nSPS) is 20.7. The van der Waals surface area contributed by atoms with Gasteiger partial charge in [-0.2, -0.15) is 0 Å². The van der Waals surface area contributed by atoms with Crippen LogP contribution in [0.15, 0.2) is 24.3 Å². The number of ether oxygens (including phenoxy) is 2. The number of carbonyl (C=O) groups excluding carboxylic acids is 1. The summed E-state index contributed by atoms with van der Waals surface area (Å²) >= 11 is 0. The SMILES string of the molecule is COC1(COc2ccccc2C)CCCN(C(=O)CCN)C1.Cl. The number of nitrogens with two attached hydrogens (primary N) is 1. The summed E-state index contributed by atoms with van der Waals surface area (Å²) in [4.78, 5) is 13.9. The van der Waals surface area contributed by atoms with Gasteiger partial charge < -0.3 is 20.1 Å². The number of amides is 1. The molecular formula is C17H27ClN2O3. The maximum absolute atomic E-state index is 12.1. The number of methoxy groups -OCH3 is 1. The number of likely N-dealkylation sites (tertiary alicyclic amines) is 1. The van der Waals surface area contributed by atoms with E-state index in [2.05, 4.69) is 0 Å². The summed E-state index contributed by atoms with van der Waals surface area (Å²) in [7, 11) is 1.69. The molecular weight excluding hydrogens is 316 g/mol. The predicted molar refractivity (Wildman–Crippen MR) is 93.1 cm³/mol. The molecule has 23 heavy (non-hydrogen) atoms. The molecule has 1 heterocycles. The molecule has 2 rings (SSSR count). The van der Waals surface area contributed by atoms with Crippen LogP contribution in [0.1, 0.15) is 24.8 Å². The molecule has 2 N–H and O–H groups in total. The van der Waals surface area contributed by atoms with E-state index in [0.717, 1.165) is 30.7 Å². The van der Waals surface area contributed by atoms with Crippen LogP contribution >= 0.6 is 12.4 Å². The number of rotatable bonds is 6. The highest BCUT2D eigenvalue weighted by atomic mass is 35.5. The fourth-order valence-corrected chi connectivity index (χ4v) is 2.86. The lowest BCUT2D eigenvalue weighted by atomic mass is 9.93. The van der Waals surface area contributed by atoms with Crippen LogP contribution in [0.3, 0.4) is 0 Å². The van der Waals surface area contributed by atoms with E-state index in [1.807, 2.05) is 36.1 Å². The van der Waals surface area contributed by atoms with Crippen molar-refractivity contribution < 1.29 is 14.3 Å². The van der Waals surface area contributed by atoms with Crippen molar-refractivity contribution in [2.75, 3.05) is 33.4 Å². The topological polar surface area (TPSA) is 64.8 Å². The summed E-state index contributed by atoms with van der Waals surface area (Å²) in [5, 5.41) is 0. The lowest BCUT2D eigenvalue weighted by molar-refractivity contribution is -0.143. The minimum atomic E-state index is -0.440. The third kappa shape index (κ3) is 5.09. The Morgan fingerprint density at radius 3 is 2.78 bits per heavy atom. The van der Waals surface area contributed by atoms with Gasteiger partial charge in [0.1, 0.15) is 18.0 Å². The molecule has 1 unspecified atom stereocenters. The number of aryl methyl sites for hydroxylation is 1. The van der Waals surface area contributed by atoms with E-state index >= 15 is 0 Å². The predicted octanol–water partition coefficient (Wildman–Crippen LogP) is 2.15. The van der Waals surface area contributed by atoms with Crippen LogP contribution in [0.25, 0.3) is 0 Å². The molecule has 1 amide bonds. The first-order valence-corrected chi connectivity index (χ1v) is 7.82. The van der Waals surface area contributed by atoms with Crippen molar-refractivity contribution in [3.05, 3.63) is 29.8 Å². The summed E-state index contributed by atoms with van der Waals surface area (Å²) in [5.74, 6) is 0.962. The molecule has 0 spiro atoms. The van der Waals surface area contributed by atoms with E-state index in [1.54, 1.807) is 7.11 Å². The van der Waals surface area contributed by atoms with Gasteiger partial charge in [-0.25, -0.2) is 0 Å². The highest BCUT2D eigenvalue weighted by Crippen LogP contribution is 2.27. The van der Waals surface area contributed by atoms with Crippen LogP contribution in [-0.2, 0) is 9.53 Å². The Balaban J connectivity index is 0.00000264. The van der Waals surface area contributed by atoms with E-state index in [0.29, 0.717) is 26.1 Å². The van der Waals surface area contributed by atoms with Gasteiger partial charge in [-0.15, -0.1) is 12.4 Å². The van der Waals surface area contributed by atoms with Crippen LogP contribution in [0, 0.1) is 6.92 Å². The first kappa shape index (κ1) is 19.7. The Bertz CT molecular complexity index is 512. The molecule has 1 atom stereocenters. The third-order valence-corrected chi connectivity index (χ3v) is 4.27. The van der Waals surface area contributed by atoms with Gasteiger partial charge in [0, 0.05) is 26.6 Å². The largest absolute Gasteiger partial charge is 0.490 e. The van der Waals surface area contributed by atoms with Crippen LogP contribution in [-0.4, -0.2) is 49.8 Å². The fraction of sp³-hybridized carbons (Fsp3) is 0.588. The van der Waals surface area contributed by atoms with Crippen LogP contribution in [0.4, 0.5) is 0 Å². The Morgan fingerprint density at radius 1 is 1.39 bits per heavy atom. The number of hydrogen-bond donors (Lipinski definition) is 1. The summed E-state index contributed by atoms with van der Waals surface area (Å²) in [6, 6.07) is 7.92. The summed E-state index contributed by atoms with van der Waals surface area (Å²) in [6.45, 7) is 4.19. The van der Waals surface area contributed by atoms with Crippen LogP contribution in [0.2, 0.25) is 0 Å². The molecule has 1 aromatic carbocycles. The van der Waals surface area contributed by atoms with Crippen molar-refractivity contribution in [2.24, 2.45) is 5.73 Å². The Labute approximate surface area is 144 Å². The van der Waals surface area contributed by atoms with Crippen molar-refractivity contribution in [1.29, 1.82) is 0 Å². The summed E-state index contributed by atoms with van der Waals surface area (Å²) < 4.78 is 11.7. The Morgan fingerprint density at radius 2 is 2.13 bits per heavy atom. The average molecular weight is 343 g/mol. The molecule has 1 saturated heterocycles. The van der Waals surface area contributed by atoms with Crippen LogP contribution in [0.5, 0.6) is 5.75 Å². The van der Waals surface area contributed by atoms with E-state index in [9.17, 15) is 4.79 Å². The van der Waals surface area contributed by atoms with E-state index in [1.165, 1.54) is 0 Å². The van der Waals surface area contributed by atoms with Gasteiger partial charge in [-0.1, -0.05) is 18.2 Å². The molecule has 0 aliphatic carbocycles. The van der Waals surface area contributed by atoms with Gasteiger partial charge in [0.05, 0.1) is 6.54 Å². The van der Waals surface area contributed by atoms with E-state index in [4.69, 9.17) is 15.2 Å². The standard InChI is InChI=1S/C17H26N2O3.ClH/c1-14-6-3-4-7-15(14)22-13-17(21-2)9-5-11-19(12-17)16(20)8-10-18;/h3-4,6-7H,5,8-13,18H2,1-2H3;1H. The number of benzene rings is 1. The number of carbonyl (C=O) groups is 1. The minimum Gasteiger partial charge on any atom is -0.490 e. The van der Waals surface area contributed by atoms with Gasteiger partial charge >= 0.3 is 0 Å². The molecule has 0 radical (unpaired) electrons. The number of piperidine rings is 1. The van der Waals surface area contributed by atoms with Gasteiger partial charge in [-0.3, -0.25) is 4.79 Å². The number of halogens is 1. The zero-order valence-electron chi connectivity index (χ0n) is 13.9. The second kappa shape index (κ2) is 9.11. The maximum atomic E-state index is 12.1. The molecule has 6 heteroatoms. The molecule has 1 fully saturated rings. The van der Waals surface area contributed by atoms with Crippen molar-refractivity contribution in [1.82, 2.24) is 4.90 Å². The summed E-state index contributed by atoms with van der Waals surface area (Å²) in [5.41, 5.74) is 6.14. The molecule has 0 aromatic heterocycles. The number of nitrogens with zero attached hydrogens (tertiary/aromatic N) is 1. The second-order valence-electron chi connectivity index (χ2n) is 5.90. The quantitative estimate of drug-likeness (QED) is 0.860. The fourth-order valence-electron chi connectivity index (χ4n) is 2.86. The highest BCUT2D eigenvalue weighted by molar-refractivity contribution is 5.85. The van der Waals surface area contributed by atoms with E-state index in [-0.39, 0.29) is 18.3 Å². The Hall–Kier alpha value is -1.30. The lowest BCUT2D eigenvalue weighted by Gasteiger charge is -2.41. The molecule has 130 valence electrons. The first-order chi connectivity index (χ1) is 10.6. The van der Waals surface area contributed by atoms with Crippen molar-refractivity contribution in [3.8, 4) is 5.75 Å². The van der Waals surface area contributed by atoms with E-state index < -0.39 is 5.60 Å². The van der Waals surface area contributed by atoms with Crippen molar-refractivity contribution in [2.45, 2.75) is 31.8 Å². The second-order valence-corrected chi connectivity index (χ2v) is 5.90.